The van der Waals surface area contributed by atoms with Crippen LogP contribution in [0.15, 0.2) is 29.3 Å². The molecule has 1 aromatic carbocycles. The fourth-order valence-electron chi connectivity index (χ4n) is 1.08. The summed E-state index contributed by atoms with van der Waals surface area (Å²) in [6.07, 6.45) is 0. The first-order valence-electron chi connectivity index (χ1n) is 4.33. The van der Waals surface area contributed by atoms with Crippen LogP contribution < -0.4 is 0 Å². The van der Waals surface area contributed by atoms with Crippen LogP contribution in [0.4, 0.5) is 0 Å². The summed E-state index contributed by atoms with van der Waals surface area (Å²) in [5.74, 6) is 0.724. The molecular weight excluding hydrogens is 162 g/mol. The molecule has 70 valence electrons. The molecule has 0 saturated carbocycles. The van der Waals surface area contributed by atoms with E-state index < -0.39 is 0 Å². The monoisotopic (exact) mass is 177 g/mol. The van der Waals surface area contributed by atoms with Crippen molar-refractivity contribution >= 4 is 5.90 Å². The molecule has 0 aliphatic heterocycles. The molecule has 0 radical (unpaired) electrons. The largest absolute Gasteiger partial charge is 0.484 e. The van der Waals surface area contributed by atoms with Gasteiger partial charge in [0, 0.05) is 6.92 Å². The van der Waals surface area contributed by atoms with E-state index in [9.17, 15) is 0 Å². The normalized spacial score (nSPS) is 11.5. The van der Waals surface area contributed by atoms with Crippen molar-refractivity contribution in [2.75, 3.05) is 7.11 Å². The number of hydrogen-bond donors (Lipinski definition) is 0. The first-order chi connectivity index (χ1) is 6.22. The number of hydrogen-bond acceptors (Lipinski definition) is 2. The maximum absolute atomic E-state index is 4.95. The van der Waals surface area contributed by atoms with Crippen molar-refractivity contribution in [1.82, 2.24) is 0 Å². The molecule has 0 N–H and O–H groups in total. The molecule has 0 amide bonds. The Bertz CT molecular complexity index is 305. The van der Waals surface area contributed by atoms with Gasteiger partial charge in [0.25, 0.3) is 0 Å². The summed E-state index contributed by atoms with van der Waals surface area (Å²) in [5.41, 5.74) is 2.49. The highest BCUT2D eigenvalue weighted by molar-refractivity contribution is 5.72. The molecule has 13 heavy (non-hydrogen) atoms. The standard InChI is InChI=1S/C11H15NO/c1-9-5-4-6-11(7-9)8-12-10(2)13-3/h4-7H,8H2,1-3H3. The molecule has 1 aromatic rings. The average molecular weight is 177 g/mol. The van der Waals surface area contributed by atoms with Gasteiger partial charge in [-0.2, -0.15) is 0 Å². The van der Waals surface area contributed by atoms with Crippen LogP contribution in [-0.2, 0) is 11.3 Å². The Balaban J connectivity index is 2.64. The van der Waals surface area contributed by atoms with Crippen molar-refractivity contribution in [3.63, 3.8) is 0 Å². The molecule has 1 rings (SSSR count). The summed E-state index contributed by atoms with van der Waals surface area (Å²) >= 11 is 0. The number of benzene rings is 1. The maximum Gasteiger partial charge on any atom is 0.179 e. The second-order valence-electron chi connectivity index (χ2n) is 3.03. The Morgan fingerprint density at radius 1 is 1.46 bits per heavy atom. The molecule has 0 atom stereocenters. The van der Waals surface area contributed by atoms with Gasteiger partial charge in [0.05, 0.1) is 13.7 Å². The molecule has 0 spiro atoms. The van der Waals surface area contributed by atoms with E-state index >= 15 is 0 Å². The molecule has 0 bridgehead atoms. The zero-order chi connectivity index (χ0) is 9.68. The second kappa shape index (κ2) is 4.65. The van der Waals surface area contributed by atoms with E-state index in [0.717, 1.165) is 5.90 Å². The number of methoxy groups -OCH3 is 1. The summed E-state index contributed by atoms with van der Waals surface area (Å²) in [5, 5.41) is 0. The number of nitrogens with zero attached hydrogens (tertiary/aromatic N) is 1. The van der Waals surface area contributed by atoms with Gasteiger partial charge in [-0.05, 0) is 12.5 Å². The van der Waals surface area contributed by atoms with Crippen LogP contribution in [0.3, 0.4) is 0 Å². The lowest BCUT2D eigenvalue weighted by atomic mass is 10.1. The third-order valence-electron chi connectivity index (χ3n) is 1.86. The first kappa shape index (κ1) is 9.78. The lowest BCUT2D eigenvalue weighted by Crippen LogP contribution is -1.94. The van der Waals surface area contributed by atoms with Gasteiger partial charge in [0.1, 0.15) is 0 Å². The highest BCUT2D eigenvalue weighted by Crippen LogP contribution is 2.05. The topological polar surface area (TPSA) is 21.6 Å². The van der Waals surface area contributed by atoms with Gasteiger partial charge in [-0.1, -0.05) is 29.8 Å². The number of aliphatic imine (C=N–C) groups is 1. The molecule has 0 unspecified atom stereocenters. The van der Waals surface area contributed by atoms with Crippen LogP contribution in [0, 0.1) is 6.92 Å². The SMILES string of the molecule is COC(C)=NCc1cccc(C)c1. The Morgan fingerprint density at radius 2 is 2.23 bits per heavy atom. The minimum atomic E-state index is 0.696. The minimum Gasteiger partial charge on any atom is -0.484 e. The molecule has 0 aliphatic rings. The van der Waals surface area contributed by atoms with E-state index in [0.29, 0.717) is 6.54 Å². The summed E-state index contributed by atoms with van der Waals surface area (Å²) < 4.78 is 4.95. The smallest absolute Gasteiger partial charge is 0.179 e. The zero-order valence-electron chi connectivity index (χ0n) is 8.37. The van der Waals surface area contributed by atoms with Gasteiger partial charge < -0.3 is 4.74 Å². The van der Waals surface area contributed by atoms with E-state index in [2.05, 4.69) is 30.1 Å². The number of ether oxygens (including phenoxy) is 1. The second-order valence-corrected chi connectivity index (χ2v) is 3.03. The quantitative estimate of drug-likeness (QED) is 0.502. The van der Waals surface area contributed by atoms with E-state index in [-0.39, 0.29) is 0 Å². The van der Waals surface area contributed by atoms with Crippen molar-refractivity contribution in [2.45, 2.75) is 20.4 Å². The Kier molecular flexibility index (Phi) is 3.50. The summed E-state index contributed by atoms with van der Waals surface area (Å²) in [6, 6.07) is 8.32. The minimum absolute atomic E-state index is 0.696. The molecule has 0 aromatic heterocycles. The van der Waals surface area contributed by atoms with Crippen LogP contribution in [-0.4, -0.2) is 13.0 Å². The zero-order valence-corrected chi connectivity index (χ0v) is 8.37. The van der Waals surface area contributed by atoms with Gasteiger partial charge in [-0.3, -0.25) is 4.99 Å². The van der Waals surface area contributed by atoms with E-state index in [1.165, 1.54) is 11.1 Å². The highest BCUT2D eigenvalue weighted by atomic mass is 16.5. The molecule has 0 heterocycles. The number of aryl methyl sites for hydroxylation is 1. The Labute approximate surface area is 79.3 Å². The number of rotatable bonds is 2. The molecule has 2 nitrogen and oxygen atoms in total. The van der Waals surface area contributed by atoms with E-state index in [4.69, 9.17) is 4.74 Å². The third kappa shape index (κ3) is 3.28. The summed E-state index contributed by atoms with van der Waals surface area (Å²) in [6.45, 7) is 4.63. The fourth-order valence-corrected chi connectivity index (χ4v) is 1.08. The van der Waals surface area contributed by atoms with Crippen molar-refractivity contribution in [1.29, 1.82) is 0 Å². The van der Waals surface area contributed by atoms with E-state index in [1.807, 2.05) is 13.0 Å². The van der Waals surface area contributed by atoms with Crippen LogP contribution in [0.1, 0.15) is 18.1 Å². The first-order valence-corrected chi connectivity index (χ1v) is 4.33. The molecule has 2 heteroatoms. The van der Waals surface area contributed by atoms with Crippen LogP contribution >= 0.6 is 0 Å². The van der Waals surface area contributed by atoms with Gasteiger partial charge in [0.15, 0.2) is 5.90 Å². The van der Waals surface area contributed by atoms with Crippen LogP contribution in [0.25, 0.3) is 0 Å². The Hall–Kier alpha value is -1.31. The van der Waals surface area contributed by atoms with Crippen molar-refractivity contribution in [3.8, 4) is 0 Å². The van der Waals surface area contributed by atoms with Crippen molar-refractivity contribution in [3.05, 3.63) is 35.4 Å². The summed E-state index contributed by atoms with van der Waals surface area (Å²) in [7, 11) is 1.63. The molecular formula is C11H15NO. The highest BCUT2D eigenvalue weighted by Gasteiger charge is 1.91. The molecule has 0 aliphatic carbocycles. The fraction of sp³-hybridized carbons (Fsp3) is 0.364. The van der Waals surface area contributed by atoms with Gasteiger partial charge in [-0.15, -0.1) is 0 Å². The lowest BCUT2D eigenvalue weighted by molar-refractivity contribution is 0.397. The predicted octanol–water partition coefficient (Wildman–Crippen LogP) is 2.56. The molecule has 0 fully saturated rings. The van der Waals surface area contributed by atoms with E-state index in [1.54, 1.807) is 7.11 Å². The molecule has 0 saturated heterocycles. The lowest BCUT2D eigenvalue weighted by Gasteiger charge is -2.00. The van der Waals surface area contributed by atoms with Crippen LogP contribution in [0.2, 0.25) is 0 Å². The predicted molar refractivity (Wildman–Crippen MR) is 55.0 cm³/mol. The van der Waals surface area contributed by atoms with Gasteiger partial charge in [-0.25, -0.2) is 0 Å². The van der Waals surface area contributed by atoms with Crippen LogP contribution in [0.5, 0.6) is 0 Å². The summed E-state index contributed by atoms with van der Waals surface area (Å²) in [4.78, 5) is 4.25. The van der Waals surface area contributed by atoms with Gasteiger partial charge >= 0.3 is 0 Å². The van der Waals surface area contributed by atoms with Gasteiger partial charge in [0.2, 0.25) is 0 Å². The average Bonchev–Trinajstić information content (AvgIpc) is 2.14. The maximum atomic E-state index is 4.95. The van der Waals surface area contributed by atoms with Crippen molar-refractivity contribution in [2.24, 2.45) is 4.99 Å². The Morgan fingerprint density at radius 3 is 2.85 bits per heavy atom. The van der Waals surface area contributed by atoms with Crippen molar-refractivity contribution < 1.29 is 4.74 Å². The third-order valence-corrected chi connectivity index (χ3v) is 1.86.